The van der Waals surface area contributed by atoms with Gasteiger partial charge in [0.15, 0.2) is 0 Å². The number of hydrogen-bond acceptors (Lipinski definition) is 4. The average molecular weight is 384 g/mol. The van der Waals surface area contributed by atoms with Gasteiger partial charge in [-0.2, -0.15) is 5.10 Å². The van der Waals surface area contributed by atoms with Crippen LogP contribution >= 0.6 is 0 Å². The van der Waals surface area contributed by atoms with Crippen molar-refractivity contribution in [1.82, 2.24) is 24.6 Å². The normalized spacial score (nSPS) is 15.8. The van der Waals surface area contributed by atoms with Crippen LogP contribution < -0.4 is 0 Å². The van der Waals surface area contributed by atoms with E-state index in [1.807, 2.05) is 55.6 Å². The summed E-state index contributed by atoms with van der Waals surface area (Å²) in [5, 5.41) is 4.42. The molecule has 0 unspecified atom stereocenters. The molecule has 1 aliphatic rings. The summed E-state index contributed by atoms with van der Waals surface area (Å²) >= 11 is 0. The van der Waals surface area contributed by atoms with Gasteiger partial charge in [-0.1, -0.05) is 27.7 Å². The number of nitrogens with zero attached hydrogens (tertiary/aromatic N) is 5. The topological polar surface area (TPSA) is 63.9 Å². The van der Waals surface area contributed by atoms with Crippen LogP contribution in [0.25, 0.3) is 11.4 Å². The van der Waals surface area contributed by atoms with Crippen molar-refractivity contribution in [3.8, 4) is 11.4 Å². The van der Waals surface area contributed by atoms with Gasteiger partial charge in [0, 0.05) is 43.4 Å². The second-order valence-corrected chi connectivity index (χ2v) is 8.94. The highest BCUT2D eigenvalue weighted by Gasteiger charge is 2.30. The van der Waals surface area contributed by atoms with Gasteiger partial charge < -0.3 is 4.90 Å². The third-order valence-corrected chi connectivity index (χ3v) is 5.33. The molecular weight excluding hydrogens is 350 g/mol. The number of likely N-dealkylation sites (tertiary alicyclic amines) is 1. The van der Waals surface area contributed by atoms with Crippen LogP contribution in [0.15, 0.2) is 18.3 Å². The number of piperidine rings is 1. The zero-order valence-corrected chi connectivity index (χ0v) is 17.9. The molecule has 0 aromatic carbocycles. The number of aromatic nitrogens is 4. The largest absolute Gasteiger partial charge is 0.342 e. The fraction of sp³-hybridized carbons (Fsp3) is 0.636. The first-order valence-electron chi connectivity index (χ1n) is 10.4. The summed E-state index contributed by atoms with van der Waals surface area (Å²) in [5.41, 5.74) is 2.70. The molecule has 2 aromatic heterocycles. The second kappa shape index (κ2) is 8.41. The monoisotopic (exact) mass is 383 g/mol. The van der Waals surface area contributed by atoms with Crippen molar-refractivity contribution in [2.24, 2.45) is 11.3 Å². The van der Waals surface area contributed by atoms with Crippen molar-refractivity contribution in [1.29, 1.82) is 0 Å². The maximum Gasteiger partial charge on any atom is 0.227 e. The average Bonchev–Trinajstić information content (AvgIpc) is 3.09. The highest BCUT2D eigenvalue weighted by molar-refractivity contribution is 5.81. The maximum atomic E-state index is 12.5. The van der Waals surface area contributed by atoms with Crippen molar-refractivity contribution < 1.29 is 4.79 Å². The predicted molar refractivity (Wildman–Crippen MR) is 111 cm³/mol. The molecular formula is C22H33N5O. The van der Waals surface area contributed by atoms with Crippen LogP contribution in [0, 0.1) is 18.3 Å². The first-order chi connectivity index (χ1) is 13.3. The molecule has 1 fully saturated rings. The first kappa shape index (κ1) is 20.5. The molecule has 28 heavy (non-hydrogen) atoms. The van der Waals surface area contributed by atoms with E-state index in [1.54, 1.807) is 0 Å². The third-order valence-electron chi connectivity index (χ3n) is 5.33. The fourth-order valence-corrected chi connectivity index (χ4v) is 3.87. The molecule has 0 atom stereocenters. The molecule has 0 spiro atoms. The molecule has 6 heteroatoms. The van der Waals surface area contributed by atoms with Gasteiger partial charge in [0.25, 0.3) is 0 Å². The zero-order chi connectivity index (χ0) is 20.3. The Morgan fingerprint density at radius 3 is 2.57 bits per heavy atom. The van der Waals surface area contributed by atoms with E-state index >= 15 is 0 Å². The molecule has 0 radical (unpaired) electrons. The number of carbonyl (C=O) groups excluding carboxylic acids is 1. The van der Waals surface area contributed by atoms with Crippen LogP contribution in [0.1, 0.15) is 58.5 Å². The van der Waals surface area contributed by atoms with E-state index in [0.29, 0.717) is 5.92 Å². The molecule has 0 N–H and O–H groups in total. The van der Waals surface area contributed by atoms with Gasteiger partial charge in [0.1, 0.15) is 5.82 Å². The molecule has 152 valence electrons. The van der Waals surface area contributed by atoms with E-state index in [9.17, 15) is 4.79 Å². The maximum absolute atomic E-state index is 12.5. The van der Waals surface area contributed by atoms with Crippen molar-refractivity contribution in [3.63, 3.8) is 0 Å². The highest BCUT2D eigenvalue weighted by atomic mass is 16.2. The van der Waals surface area contributed by atoms with Crippen LogP contribution in [-0.4, -0.2) is 43.6 Å². The molecule has 1 amide bonds. The lowest BCUT2D eigenvalue weighted by molar-refractivity contribution is -0.140. The lowest BCUT2D eigenvalue weighted by Gasteiger charge is -2.35. The first-order valence-corrected chi connectivity index (χ1v) is 10.4. The molecule has 0 bridgehead atoms. The molecule has 0 aliphatic carbocycles. The Labute approximate surface area is 168 Å². The fourth-order valence-electron chi connectivity index (χ4n) is 3.87. The second-order valence-electron chi connectivity index (χ2n) is 8.94. The van der Waals surface area contributed by atoms with E-state index in [2.05, 4.69) is 17.0 Å². The van der Waals surface area contributed by atoms with Gasteiger partial charge in [-0.3, -0.25) is 9.48 Å². The van der Waals surface area contributed by atoms with Gasteiger partial charge in [-0.25, -0.2) is 9.97 Å². The summed E-state index contributed by atoms with van der Waals surface area (Å²) in [4.78, 5) is 24.0. The molecule has 0 saturated carbocycles. The number of rotatable bonds is 5. The minimum absolute atomic E-state index is 0.254. The Kier molecular flexibility index (Phi) is 6.16. The molecule has 1 saturated heterocycles. The molecule has 3 heterocycles. The van der Waals surface area contributed by atoms with Crippen LogP contribution in [0.4, 0.5) is 0 Å². The van der Waals surface area contributed by atoms with Gasteiger partial charge in [0.05, 0.1) is 11.4 Å². The highest BCUT2D eigenvalue weighted by Crippen LogP contribution is 2.26. The smallest absolute Gasteiger partial charge is 0.227 e. The lowest BCUT2D eigenvalue weighted by atomic mass is 9.89. The molecule has 6 nitrogen and oxygen atoms in total. The SMILES string of the molecule is CCCn1nccc1-c1cc(C)nc(CC2CCN(C(=O)C(C)(C)C)CC2)n1. The van der Waals surface area contributed by atoms with E-state index in [0.717, 1.165) is 68.2 Å². The van der Waals surface area contributed by atoms with E-state index in [1.165, 1.54) is 0 Å². The summed E-state index contributed by atoms with van der Waals surface area (Å²) in [7, 11) is 0. The quantitative estimate of drug-likeness (QED) is 0.786. The molecule has 3 rings (SSSR count). The predicted octanol–water partition coefficient (Wildman–Crippen LogP) is 3.89. The van der Waals surface area contributed by atoms with Crippen molar-refractivity contribution in [2.75, 3.05) is 13.1 Å². The van der Waals surface area contributed by atoms with Crippen molar-refractivity contribution in [3.05, 3.63) is 29.8 Å². The van der Waals surface area contributed by atoms with Crippen LogP contribution in [-0.2, 0) is 17.8 Å². The summed E-state index contributed by atoms with van der Waals surface area (Å²) < 4.78 is 2.02. The minimum Gasteiger partial charge on any atom is -0.342 e. The Bertz CT molecular complexity index is 813. The lowest BCUT2D eigenvalue weighted by Crippen LogP contribution is -2.44. The summed E-state index contributed by atoms with van der Waals surface area (Å²) in [5.74, 6) is 1.68. The van der Waals surface area contributed by atoms with Gasteiger partial charge in [0.2, 0.25) is 5.91 Å². The Morgan fingerprint density at radius 1 is 1.21 bits per heavy atom. The standard InChI is InChI=1S/C22H33N5O/c1-6-11-27-19(7-10-23-27)18-14-16(2)24-20(25-18)15-17-8-12-26(13-9-17)21(28)22(3,4)5/h7,10,14,17H,6,8-9,11-13,15H2,1-5H3. The molecule has 1 aliphatic heterocycles. The zero-order valence-electron chi connectivity index (χ0n) is 17.9. The summed E-state index contributed by atoms with van der Waals surface area (Å²) in [6, 6.07) is 4.06. The van der Waals surface area contributed by atoms with Crippen LogP contribution in [0.2, 0.25) is 0 Å². The Hall–Kier alpha value is -2.24. The minimum atomic E-state index is -0.303. The number of aryl methyl sites for hydroxylation is 2. The van der Waals surface area contributed by atoms with Gasteiger partial charge in [-0.05, 0) is 44.2 Å². The Morgan fingerprint density at radius 2 is 1.93 bits per heavy atom. The number of carbonyl (C=O) groups is 1. The van der Waals surface area contributed by atoms with Crippen LogP contribution in [0.5, 0.6) is 0 Å². The van der Waals surface area contributed by atoms with Crippen molar-refractivity contribution in [2.45, 2.75) is 66.8 Å². The van der Waals surface area contributed by atoms with E-state index in [-0.39, 0.29) is 11.3 Å². The number of amides is 1. The third kappa shape index (κ3) is 4.78. The van der Waals surface area contributed by atoms with Crippen LogP contribution in [0.3, 0.4) is 0 Å². The Balaban J connectivity index is 1.68. The summed E-state index contributed by atoms with van der Waals surface area (Å²) in [6.45, 7) is 12.7. The van der Waals surface area contributed by atoms with Gasteiger partial charge >= 0.3 is 0 Å². The van der Waals surface area contributed by atoms with Gasteiger partial charge in [-0.15, -0.1) is 0 Å². The summed E-state index contributed by atoms with van der Waals surface area (Å²) in [6.07, 6.45) is 5.78. The van der Waals surface area contributed by atoms with E-state index < -0.39 is 0 Å². The van der Waals surface area contributed by atoms with Crippen molar-refractivity contribution >= 4 is 5.91 Å². The number of hydrogen-bond donors (Lipinski definition) is 0. The van der Waals surface area contributed by atoms with E-state index in [4.69, 9.17) is 4.98 Å². The molecule has 2 aromatic rings.